The van der Waals surface area contributed by atoms with Crippen molar-refractivity contribution < 1.29 is 28.0 Å². The van der Waals surface area contributed by atoms with E-state index in [2.05, 4.69) is 45.9 Å². The van der Waals surface area contributed by atoms with Crippen LogP contribution in [0.15, 0.2) is 12.2 Å². The van der Waals surface area contributed by atoms with E-state index in [0.717, 1.165) is 11.6 Å². The maximum atomic E-state index is 12.1. The van der Waals surface area contributed by atoms with Crippen LogP contribution in [0.5, 0.6) is 0 Å². The van der Waals surface area contributed by atoms with Crippen molar-refractivity contribution in [1.29, 1.82) is 0 Å². The minimum Gasteiger partial charge on any atom is -0.464 e. The first-order valence-corrected chi connectivity index (χ1v) is 28.2. The summed E-state index contributed by atoms with van der Waals surface area (Å²) in [5, 5.41) is 20.5. The summed E-state index contributed by atoms with van der Waals surface area (Å²) in [5.74, 6) is -0.515. The Morgan fingerprint density at radius 1 is 1.07 bits per heavy atom. The standard InChI is InChI=1S/C17H44O6Si6/c1-13(2)16(20)21-17(3,14(19)12-18)11-10-15(24-26-22-28(4,5)6)25-27-23-29(7,8)9/h14-15,18-19H,1,10-12,24-27H2,2-9H3. The zero-order chi connectivity index (χ0) is 22.9. The summed E-state index contributed by atoms with van der Waals surface area (Å²) in [6, 6.07) is 0. The second-order valence-corrected chi connectivity index (χ2v) is 32.2. The van der Waals surface area contributed by atoms with Crippen molar-refractivity contribution in [1.82, 2.24) is 0 Å². The second kappa shape index (κ2) is 13.0. The normalized spacial score (nSPS) is 18.4. The van der Waals surface area contributed by atoms with Crippen molar-refractivity contribution in [3.8, 4) is 0 Å². The van der Waals surface area contributed by atoms with Gasteiger partial charge in [0, 0.05) is 23.6 Å². The molecule has 0 aromatic rings. The van der Waals surface area contributed by atoms with E-state index in [9.17, 15) is 15.0 Å². The second-order valence-electron chi connectivity index (χ2n) is 10.1. The van der Waals surface area contributed by atoms with Crippen molar-refractivity contribution in [2.75, 3.05) is 6.61 Å². The van der Waals surface area contributed by atoms with Gasteiger partial charge in [0.2, 0.25) is 0 Å². The largest absolute Gasteiger partial charge is 0.464 e. The summed E-state index contributed by atoms with van der Waals surface area (Å²) >= 11 is 0. The Labute approximate surface area is 188 Å². The van der Waals surface area contributed by atoms with Crippen LogP contribution in [-0.4, -0.2) is 87.8 Å². The molecule has 0 amide bonds. The number of ether oxygens (including phenoxy) is 1. The van der Waals surface area contributed by atoms with Crippen LogP contribution in [0.25, 0.3) is 0 Å². The van der Waals surface area contributed by atoms with E-state index in [1.807, 2.05) is 0 Å². The molecule has 0 spiro atoms. The molecule has 0 aromatic heterocycles. The third kappa shape index (κ3) is 14.1. The van der Waals surface area contributed by atoms with Crippen LogP contribution < -0.4 is 0 Å². The van der Waals surface area contributed by atoms with Gasteiger partial charge < -0.3 is 23.2 Å². The Balaban J connectivity index is 5.07. The average molecular weight is 513 g/mol. The fourth-order valence-electron chi connectivity index (χ4n) is 2.76. The van der Waals surface area contributed by atoms with Crippen molar-refractivity contribution in [2.24, 2.45) is 0 Å². The molecule has 0 aliphatic carbocycles. The molecule has 0 radical (unpaired) electrons. The van der Waals surface area contributed by atoms with Gasteiger partial charge in [-0.1, -0.05) is 18.2 Å². The molecule has 29 heavy (non-hydrogen) atoms. The minimum atomic E-state index is -1.46. The molecule has 0 aliphatic rings. The van der Waals surface area contributed by atoms with Gasteiger partial charge in [0.15, 0.2) is 16.6 Å². The van der Waals surface area contributed by atoms with E-state index in [1.54, 1.807) is 13.8 Å². The molecule has 0 heterocycles. The van der Waals surface area contributed by atoms with Gasteiger partial charge in [-0.15, -0.1) is 0 Å². The van der Waals surface area contributed by atoms with Crippen LogP contribution in [-0.2, 0) is 17.8 Å². The van der Waals surface area contributed by atoms with Crippen LogP contribution in [0.1, 0.15) is 26.7 Å². The molecule has 0 bridgehead atoms. The first kappa shape index (κ1) is 29.4. The van der Waals surface area contributed by atoms with Gasteiger partial charge in [-0.3, -0.25) is 0 Å². The predicted molar refractivity (Wildman–Crippen MR) is 138 cm³/mol. The van der Waals surface area contributed by atoms with Crippen LogP contribution in [0.3, 0.4) is 0 Å². The highest BCUT2D eigenvalue weighted by atomic mass is 29.2. The predicted octanol–water partition coefficient (Wildman–Crippen LogP) is -0.218. The fourth-order valence-corrected chi connectivity index (χ4v) is 41.7. The summed E-state index contributed by atoms with van der Waals surface area (Å²) in [7, 11) is -4.37. The molecule has 0 aromatic carbocycles. The van der Waals surface area contributed by atoms with Gasteiger partial charge in [0.25, 0.3) is 0 Å². The van der Waals surface area contributed by atoms with Gasteiger partial charge >= 0.3 is 5.97 Å². The first-order chi connectivity index (χ1) is 13.1. The summed E-state index contributed by atoms with van der Waals surface area (Å²) < 4.78 is 18.1. The van der Waals surface area contributed by atoms with Gasteiger partial charge in [-0.05, 0) is 59.6 Å². The smallest absolute Gasteiger partial charge is 0.333 e. The lowest BCUT2D eigenvalue weighted by Gasteiger charge is -2.34. The fraction of sp³-hybridized carbons (Fsp3) is 0.824. The Hall–Kier alpha value is 0.351. The van der Waals surface area contributed by atoms with Crippen LogP contribution in [0, 0.1) is 0 Å². The Bertz CT molecular complexity index is 502. The molecule has 0 saturated carbocycles. The average Bonchev–Trinajstić information content (AvgIpc) is 2.56. The third-order valence-electron chi connectivity index (χ3n) is 4.72. The lowest BCUT2D eigenvalue weighted by molar-refractivity contribution is -0.170. The molecular weight excluding hydrogens is 469 g/mol. The van der Waals surface area contributed by atoms with Gasteiger partial charge in [0.05, 0.1) is 6.61 Å². The number of carbonyl (C=O) groups excluding carboxylic acids is 1. The van der Waals surface area contributed by atoms with E-state index in [4.69, 9.17) is 13.0 Å². The van der Waals surface area contributed by atoms with E-state index in [1.165, 1.54) is 0 Å². The number of hydrogen-bond acceptors (Lipinski definition) is 6. The molecule has 0 aliphatic heterocycles. The molecule has 2 atom stereocenters. The number of aliphatic hydroxyl groups is 2. The molecule has 12 heteroatoms. The topological polar surface area (TPSA) is 85.2 Å². The van der Waals surface area contributed by atoms with Crippen LogP contribution in [0.4, 0.5) is 0 Å². The zero-order valence-electron chi connectivity index (χ0n) is 19.8. The van der Waals surface area contributed by atoms with E-state index >= 15 is 0 Å². The maximum absolute atomic E-state index is 12.1. The molecule has 6 nitrogen and oxygen atoms in total. The van der Waals surface area contributed by atoms with E-state index in [-0.39, 0.29) is 18.1 Å². The van der Waals surface area contributed by atoms with Crippen molar-refractivity contribution >= 4 is 59.2 Å². The van der Waals surface area contributed by atoms with Crippen molar-refractivity contribution in [3.05, 3.63) is 12.2 Å². The number of aliphatic hydroxyl groups excluding tert-OH is 2. The van der Waals surface area contributed by atoms with Crippen LogP contribution in [0.2, 0.25) is 44.4 Å². The van der Waals surface area contributed by atoms with Crippen molar-refractivity contribution in [2.45, 2.75) is 82.8 Å². The molecule has 0 saturated heterocycles. The molecule has 2 unspecified atom stereocenters. The molecule has 2 N–H and O–H groups in total. The number of hydrogen-bond donors (Lipinski definition) is 2. The molecule has 172 valence electrons. The van der Waals surface area contributed by atoms with Gasteiger partial charge in [-0.25, -0.2) is 4.79 Å². The SMILES string of the molecule is C=C(C)C(=O)OC(C)(CCC([SiH2][SiH2]O[Si](C)(C)C)[SiH2][SiH2]O[Si](C)(C)C)C(O)CO. The van der Waals surface area contributed by atoms with Gasteiger partial charge in [-0.2, -0.15) is 0 Å². The molecule has 0 rings (SSSR count). The highest BCUT2D eigenvalue weighted by Crippen LogP contribution is 2.27. The summed E-state index contributed by atoms with van der Waals surface area (Å²) in [6.07, 6.45) is 0.390. The number of esters is 1. The summed E-state index contributed by atoms with van der Waals surface area (Å²) in [5.41, 5.74) is -0.789. The van der Waals surface area contributed by atoms with Crippen LogP contribution >= 0.6 is 0 Å². The zero-order valence-corrected chi connectivity index (χ0v) is 27.5. The number of carbonyl (C=O) groups is 1. The quantitative estimate of drug-likeness (QED) is 0.179. The first-order valence-electron chi connectivity index (χ1n) is 10.6. The minimum absolute atomic E-state index is 0.280. The van der Waals surface area contributed by atoms with E-state index in [0.29, 0.717) is 12.0 Å². The highest BCUT2D eigenvalue weighted by molar-refractivity contribution is 7.12. The monoisotopic (exact) mass is 512 g/mol. The Kier molecular flexibility index (Phi) is 13.2. The summed E-state index contributed by atoms with van der Waals surface area (Å²) in [6.45, 7) is 20.0. The maximum Gasteiger partial charge on any atom is 0.333 e. The molecule has 0 fully saturated rings. The lowest BCUT2D eigenvalue weighted by atomic mass is 9.93. The Morgan fingerprint density at radius 2 is 1.52 bits per heavy atom. The molecular formula is C17H44O6Si6. The summed E-state index contributed by atoms with van der Waals surface area (Å²) in [4.78, 5) is 12.1. The third-order valence-corrected chi connectivity index (χ3v) is 33.5. The van der Waals surface area contributed by atoms with E-state index < -0.39 is 59.5 Å². The Morgan fingerprint density at radius 3 is 1.86 bits per heavy atom. The number of rotatable bonds is 15. The van der Waals surface area contributed by atoms with Gasteiger partial charge in [0.1, 0.15) is 30.3 Å². The lowest BCUT2D eigenvalue weighted by Crippen LogP contribution is -2.46. The highest BCUT2D eigenvalue weighted by Gasteiger charge is 2.37. The van der Waals surface area contributed by atoms with Crippen molar-refractivity contribution in [3.63, 3.8) is 0 Å².